The lowest BCUT2D eigenvalue weighted by Gasteiger charge is -2.57. The van der Waals surface area contributed by atoms with Gasteiger partial charge in [0.1, 0.15) is 17.2 Å². The van der Waals surface area contributed by atoms with Crippen LogP contribution in [0.4, 0.5) is 0 Å². The molecular weight excluding hydrogens is 476 g/mol. The molecule has 0 saturated heterocycles. The van der Waals surface area contributed by atoms with E-state index < -0.39 is 0 Å². The normalized spacial score (nSPS) is 25.9. The maximum atomic E-state index is 12.1. The van der Waals surface area contributed by atoms with Crippen molar-refractivity contribution in [1.82, 2.24) is 0 Å². The Balaban J connectivity index is 1.36. The number of fused-ring (bicyclic) bond motifs is 1. The van der Waals surface area contributed by atoms with Crippen LogP contribution in [0.2, 0.25) is 0 Å². The van der Waals surface area contributed by atoms with E-state index in [1.54, 1.807) is 0 Å². The largest absolute Gasteiger partial charge is 0.489 e. The standard InChI is InChI=1S/C33H32O3S/c1-35-32(34)31-11-10-30(37-31)26-9-5-8-25-15-29(36-20-21-6-3-2-4-7-21)28(16-27(25)26)33-17-22-12-23(18-33)14-24(13-22)19-33/h2-11,15-16,22-24H,12-14,17-20H2,1H3. The van der Waals surface area contributed by atoms with E-state index in [0.29, 0.717) is 11.5 Å². The number of ether oxygens (including phenoxy) is 2. The molecule has 3 aromatic carbocycles. The van der Waals surface area contributed by atoms with Crippen LogP contribution >= 0.6 is 11.3 Å². The van der Waals surface area contributed by atoms with Crippen LogP contribution in [0.25, 0.3) is 21.2 Å². The van der Waals surface area contributed by atoms with Gasteiger partial charge in [-0.25, -0.2) is 4.79 Å². The summed E-state index contributed by atoms with van der Waals surface area (Å²) in [4.78, 5) is 13.9. The number of methoxy groups -OCH3 is 1. The van der Waals surface area contributed by atoms with E-state index in [0.717, 1.165) is 28.4 Å². The summed E-state index contributed by atoms with van der Waals surface area (Å²) < 4.78 is 11.6. The minimum atomic E-state index is -0.276. The van der Waals surface area contributed by atoms with Crippen LogP contribution in [0.5, 0.6) is 5.75 Å². The van der Waals surface area contributed by atoms with E-state index >= 15 is 0 Å². The number of carbonyl (C=O) groups excluding carboxylic acids is 1. The fourth-order valence-electron chi connectivity index (χ4n) is 7.92. The van der Waals surface area contributed by atoms with Gasteiger partial charge in [-0.1, -0.05) is 48.5 Å². The van der Waals surface area contributed by atoms with Crippen molar-refractivity contribution in [2.24, 2.45) is 17.8 Å². The summed E-state index contributed by atoms with van der Waals surface area (Å²) in [6.45, 7) is 0.582. The molecule has 1 heterocycles. The van der Waals surface area contributed by atoms with Crippen LogP contribution in [0.1, 0.15) is 59.3 Å². The average Bonchev–Trinajstić information content (AvgIpc) is 3.40. The van der Waals surface area contributed by atoms with Crippen LogP contribution in [-0.4, -0.2) is 13.1 Å². The molecule has 8 rings (SSSR count). The minimum Gasteiger partial charge on any atom is -0.489 e. The summed E-state index contributed by atoms with van der Waals surface area (Å²) in [5.74, 6) is 3.36. The Morgan fingerprint density at radius 3 is 2.32 bits per heavy atom. The fraction of sp³-hybridized carbons (Fsp3) is 0.364. The molecule has 0 atom stereocenters. The smallest absolute Gasteiger partial charge is 0.348 e. The van der Waals surface area contributed by atoms with Crippen LogP contribution in [-0.2, 0) is 16.8 Å². The molecule has 188 valence electrons. The highest BCUT2D eigenvalue weighted by molar-refractivity contribution is 7.17. The van der Waals surface area contributed by atoms with Gasteiger partial charge in [0.25, 0.3) is 0 Å². The van der Waals surface area contributed by atoms with Gasteiger partial charge in [0, 0.05) is 10.4 Å². The zero-order valence-corrected chi connectivity index (χ0v) is 22.1. The molecule has 0 radical (unpaired) electrons. The van der Waals surface area contributed by atoms with Crippen molar-refractivity contribution in [2.75, 3.05) is 7.11 Å². The van der Waals surface area contributed by atoms with Gasteiger partial charge in [0.15, 0.2) is 0 Å². The zero-order valence-electron chi connectivity index (χ0n) is 21.2. The van der Waals surface area contributed by atoms with Gasteiger partial charge in [-0.15, -0.1) is 11.3 Å². The molecule has 4 aliphatic rings. The quantitative estimate of drug-likeness (QED) is 0.245. The number of carbonyl (C=O) groups is 1. The van der Waals surface area contributed by atoms with Gasteiger partial charge in [0.05, 0.1) is 7.11 Å². The van der Waals surface area contributed by atoms with Crippen molar-refractivity contribution in [3.8, 4) is 16.2 Å². The molecule has 0 aliphatic heterocycles. The SMILES string of the molecule is COC(=O)c1ccc(-c2cccc3cc(OCc4ccccc4)c(C45CC6CC(CC(C6)C4)C5)cc23)s1. The summed E-state index contributed by atoms with van der Waals surface area (Å²) in [6, 6.07) is 25.6. The zero-order chi connectivity index (χ0) is 25.0. The molecule has 4 aromatic rings. The van der Waals surface area contributed by atoms with E-state index in [1.807, 2.05) is 6.07 Å². The Bertz CT molecular complexity index is 1430. The fourth-order valence-corrected chi connectivity index (χ4v) is 8.89. The van der Waals surface area contributed by atoms with E-state index in [2.05, 4.69) is 66.7 Å². The summed E-state index contributed by atoms with van der Waals surface area (Å²) in [6.07, 6.45) is 8.14. The number of hydrogen-bond acceptors (Lipinski definition) is 4. The van der Waals surface area contributed by atoms with Crippen molar-refractivity contribution >= 4 is 28.1 Å². The Labute approximate surface area is 222 Å². The van der Waals surface area contributed by atoms with Crippen molar-refractivity contribution in [2.45, 2.75) is 50.5 Å². The number of thiophene rings is 1. The Hall–Kier alpha value is -3.11. The molecule has 0 spiro atoms. The van der Waals surface area contributed by atoms with Gasteiger partial charge in [0.2, 0.25) is 0 Å². The molecule has 0 N–H and O–H groups in total. The van der Waals surface area contributed by atoms with Crippen molar-refractivity contribution in [3.05, 3.63) is 88.8 Å². The molecule has 4 heteroatoms. The lowest BCUT2D eigenvalue weighted by atomic mass is 9.48. The van der Waals surface area contributed by atoms with Crippen LogP contribution < -0.4 is 4.74 Å². The first-order valence-corrected chi connectivity index (χ1v) is 14.3. The highest BCUT2D eigenvalue weighted by Crippen LogP contribution is 2.62. The average molecular weight is 509 g/mol. The van der Waals surface area contributed by atoms with E-state index in [1.165, 1.54) is 84.4 Å². The highest BCUT2D eigenvalue weighted by Gasteiger charge is 2.52. The van der Waals surface area contributed by atoms with Crippen molar-refractivity contribution < 1.29 is 14.3 Å². The van der Waals surface area contributed by atoms with E-state index in [4.69, 9.17) is 9.47 Å². The maximum Gasteiger partial charge on any atom is 0.348 e. The molecule has 4 aliphatic carbocycles. The summed E-state index contributed by atoms with van der Waals surface area (Å²) in [7, 11) is 1.44. The lowest BCUT2D eigenvalue weighted by molar-refractivity contribution is -0.00640. The predicted octanol–water partition coefficient (Wildman–Crippen LogP) is 8.40. The van der Waals surface area contributed by atoms with Gasteiger partial charge in [-0.3, -0.25) is 0 Å². The molecule has 4 bridgehead atoms. The second-order valence-corrected chi connectivity index (χ2v) is 12.6. The summed E-state index contributed by atoms with van der Waals surface area (Å²) in [5.41, 5.74) is 4.00. The summed E-state index contributed by atoms with van der Waals surface area (Å²) >= 11 is 1.50. The highest BCUT2D eigenvalue weighted by atomic mass is 32.1. The third-order valence-corrected chi connectivity index (χ3v) is 10.2. The Morgan fingerprint density at radius 2 is 1.62 bits per heavy atom. The second kappa shape index (κ2) is 9.02. The van der Waals surface area contributed by atoms with Crippen molar-refractivity contribution in [3.63, 3.8) is 0 Å². The first kappa shape index (κ1) is 23.0. The van der Waals surface area contributed by atoms with Gasteiger partial charge in [-0.2, -0.15) is 0 Å². The lowest BCUT2D eigenvalue weighted by Crippen LogP contribution is -2.48. The predicted molar refractivity (Wildman–Crippen MR) is 149 cm³/mol. The first-order valence-electron chi connectivity index (χ1n) is 13.5. The van der Waals surface area contributed by atoms with Gasteiger partial charge in [-0.05, 0) is 108 Å². The van der Waals surface area contributed by atoms with Crippen LogP contribution in [0.3, 0.4) is 0 Å². The van der Waals surface area contributed by atoms with Crippen LogP contribution in [0, 0.1) is 17.8 Å². The third-order valence-electron chi connectivity index (χ3n) is 9.09. The van der Waals surface area contributed by atoms with Crippen molar-refractivity contribution in [1.29, 1.82) is 0 Å². The van der Waals surface area contributed by atoms with Crippen LogP contribution in [0.15, 0.2) is 72.8 Å². The number of hydrogen-bond donors (Lipinski definition) is 0. The first-order chi connectivity index (χ1) is 18.1. The molecule has 3 nitrogen and oxygen atoms in total. The molecule has 4 saturated carbocycles. The Morgan fingerprint density at radius 1 is 0.892 bits per heavy atom. The number of rotatable bonds is 6. The molecule has 0 unspecified atom stereocenters. The monoisotopic (exact) mass is 508 g/mol. The minimum absolute atomic E-state index is 0.217. The molecule has 1 aromatic heterocycles. The van der Waals surface area contributed by atoms with E-state index in [-0.39, 0.29) is 11.4 Å². The Kier molecular flexibility index (Phi) is 5.62. The maximum absolute atomic E-state index is 12.1. The molecular formula is C33H32O3S. The number of esters is 1. The third kappa shape index (κ3) is 4.06. The number of benzene rings is 3. The summed E-state index contributed by atoms with van der Waals surface area (Å²) in [5, 5.41) is 2.43. The second-order valence-electron chi connectivity index (χ2n) is 11.5. The topological polar surface area (TPSA) is 35.5 Å². The molecule has 4 fully saturated rings. The van der Waals surface area contributed by atoms with E-state index in [9.17, 15) is 4.79 Å². The molecule has 0 amide bonds. The molecule has 37 heavy (non-hydrogen) atoms. The van der Waals surface area contributed by atoms with Gasteiger partial charge >= 0.3 is 5.97 Å². The van der Waals surface area contributed by atoms with Gasteiger partial charge < -0.3 is 9.47 Å².